The van der Waals surface area contributed by atoms with Gasteiger partial charge in [-0.2, -0.15) is 0 Å². The number of nitrogens with zero attached hydrogens (tertiary/aromatic N) is 4. The summed E-state index contributed by atoms with van der Waals surface area (Å²) < 4.78 is 5.25. The number of piperidine rings is 1. The summed E-state index contributed by atoms with van der Waals surface area (Å²) >= 11 is 0. The minimum atomic E-state index is -0.0000374. The molecule has 0 bridgehead atoms. The Kier molecular flexibility index (Phi) is 3.52. The van der Waals surface area contributed by atoms with E-state index in [1.165, 1.54) is 0 Å². The van der Waals surface area contributed by atoms with E-state index in [2.05, 4.69) is 14.9 Å². The molecule has 2 aliphatic rings. The van der Waals surface area contributed by atoms with Crippen LogP contribution in [0.4, 0.5) is 5.95 Å². The Hall–Kier alpha value is -2.37. The van der Waals surface area contributed by atoms with Crippen LogP contribution in [0.1, 0.15) is 29.8 Å². The van der Waals surface area contributed by atoms with E-state index in [9.17, 15) is 4.79 Å². The molecule has 1 atom stereocenters. The zero-order chi connectivity index (χ0) is 15.7. The summed E-state index contributed by atoms with van der Waals surface area (Å²) in [5.41, 5.74) is 0.152. The summed E-state index contributed by atoms with van der Waals surface area (Å²) in [6.45, 7) is 3.48. The van der Waals surface area contributed by atoms with Gasteiger partial charge >= 0.3 is 0 Å². The summed E-state index contributed by atoms with van der Waals surface area (Å²) in [6, 6.07) is 5.33. The van der Waals surface area contributed by atoms with Gasteiger partial charge in [-0.1, -0.05) is 0 Å². The van der Waals surface area contributed by atoms with Crippen LogP contribution in [0.2, 0.25) is 0 Å². The maximum Gasteiger partial charge on any atom is 0.289 e. The molecule has 120 valence electrons. The van der Waals surface area contributed by atoms with Crippen LogP contribution in [0.15, 0.2) is 41.3 Å². The molecule has 0 aromatic carbocycles. The third-order valence-electron chi connectivity index (χ3n) is 4.95. The lowest BCUT2D eigenvalue weighted by Crippen LogP contribution is -2.46. The van der Waals surface area contributed by atoms with Gasteiger partial charge in [0.2, 0.25) is 5.95 Å². The molecule has 2 saturated heterocycles. The Labute approximate surface area is 135 Å². The number of aromatic nitrogens is 2. The molecule has 1 spiro atoms. The monoisotopic (exact) mass is 312 g/mol. The molecule has 2 aromatic rings. The lowest BCUT2D eigenvalue weighted by atomic mass is 9.79. The quantitative estimate of drug-likeness (QED) is 0.851. The first-order valence-corrected chi connectivity index (χ1v) is 8.11. The number of hydrogen-bond acceptors (Lipinski definition) is 5. The van der Waals surface area contributed by atoms with E-state index < -0.39 is 0 Å². The van der Waals surface area contributed by atoms with Crippen LogP contribution in [-0.4, -0.2) is 47.0 Å². The van der Waals surface area contributed by atoms with Crippen molar-refractivity contribution in [2.75, 3.05) is 31.1 Å². The predicted molar refractivity (Wildman–Crippen MR) is 85.1 cm³/mol. The fourth-order valence-corrected chi connectivity index (χ4v) is 3.83. The third kappa shape index (κ3) is 2.69. The van der Waals surface area contributed by atoms with Crippen LogP contribution >= 0.6 is 0 Å². The molecule has 6 nitrogen and oxygen atoms in total. The number of furan rings is 1. The van der Waals surface area contributed by atoms with Gasteiger partial charge in [-0.15, -0.1) is 0 Å². The summed E-state index contributed by atoms with van der Waals surface area (Å²) in [7, 11) is 0. The smallest absolute Gasteiger partial charge is 0.289 e. The van der Waals surface area contributed by atoms with Crippen molar-refractivity contribution >= 4 is 11.9 Å². The second-order valence-corrected chi connectivity index (χ2v) is 6.53. The normalized spacial score (nSPS) is 24.3. The third-order valence-corrected chi connectivity index (χ3v) is 4.95. The highest BCUT2D eigenvalue weighted by Gasteiger charge is 2.43. The number of rotatable bonds is 2. The molecular weight excluding hydrogens is 292 g/mol. The van der Waals surface area contributed by atoms with Crippen LogP contribution in [0.5, 0.6) is 0 Å². The maximum atomic E-state index is 12.5. The van der Waals surface area contributed by atoms with Gasteiger partial charge in [-0.05, 0) is 37.5 Å². The standard InChI is InChI=1S/C17H20N4O2/c22-15(14-4-1-11-23-14)20-10-6-17(12-20)5-2-9-21(13-17)16-18-7-3-8-19-16/h1,3-4,7-8,11H,2,5-6,9-10,12-13H2/t17-/m0/s1. The van der Waals surface area contributed by atoms with Gasteiger partial charge in [0.05, 0.1) is 6.26 Å². The molecule has 0 radical (unpaired) electrons. The molecule has 1 amide bonds. The van der Waals surface area contributed by atoms with Crippen molar-refractivity contribution in [2.24, 2.45) is 5.41 Å². The van der Waals surface area contributed by atoms with Gasteiger partial charge in [-0.25, -0.2) is 9.97 Å². The highest BCUT2D eigenvalue weighted by molar-refractivity contribution is 5.91. The molecule has 2 fully saturated rings. The number of anilines is 1. The number of amides is 1. The molecule has 6 heteroatoms. The van der Waals surface area contributed by atoms with Gasteiger partial charge in [0.1, 0.15) is 0 Å². The van der Waals surface area contributed by atoms with Crippen molar-refractivity contribution in [3.63, 3.8) is 0 Å². The Balaban J connectivity index is 1.48. The molecule has 23 heavy (non-hydrogen) atoms. The van der Waals surface area contributed by atoms with Gasteiger partial charge in [0, 0.05) is 44.0 Å². The number of carbonyl (C=O) groups is 1. The minimum absolute atomic E-state index is 0.0000374. The van der Waals surface area contributed by atoms with E-state index in [1.807, 2.05) is 11.0 Å². The van der Waals surface area contributed by atoms with E-state index in [0.717, 1.165) is 51.4 Å². The second-order valence-electron chi connectivity index (χ2n) is 6.53. The number of likely N-dealkylation sites (tertiary alicyclic amines) is 1. The molecule has 4 rings (SSSR count). The highest BCUT2D eigenvalue weighted by atomic mass is 16.3. The van der Waals surface area contributed by atoms with Crippen molar-refractivity contribution in [1.29, 1.82) is 0 Å². The molecule has 2 aromatic heterocycles. The lowest BCUT2D eigenvalue weighted by Gasteiger charge is -2.40. The average Bonchev–Trinajstić information content (AvgIpc) is 3.26. The first-order valence-electron chi connectivity index (χ1n) is 8.11. The first kappa shape index (κ1) is 14.2. The van der Waals surface area contributed by atoms with Gasteiger partial charge in [0.25, 0.3) is 5.91 Å². The van der Waals surface area contributed by atoms with Crippen molar-refractivity contribution in [2.45, 2.75) is 19.3 Å². The fourth-order valence-electron chi connectivity index (χ4n) is 3.83. The largest absolute Gasteiger partial charge is 0.459 e. The molecule has 0 saturated carbocycles. The highest BCUT2D eigenvalue weighted by Crippen LogP contribution is 2.40. The van der Waals surface area contributed by atoms with Crippen LogP contribution in [0.25, 0.3) is 0 Å². The molecule has 4 heterocycles. The molecule has 0 N–H and O–H groups in total. The van der Waals surface area contributed by atoms with Crippen LogP contribution < -0.4 is 4.90 Å². The van der Waals surface area contributed by atoms with Crippen molar-refractivity contribution in [1.82, 2.24) is 14.9 Å². The Bertz CT molecular complexity index is 673. The SMILES string of the molecule is O=C(c1ccco1)N1CC[C@@]2(CCCN(c3ncccn3)C2)C1. The fraction of sp³-hybridized carbons (Fsp3) is 0.471. The van der Waals surface area contributed by atoms with Crippen LogP contribution in [0.3, 0.4) is 0 Å². The number of hydrogen-bond donors (Lipinski definition) is 0. The molecule has 0 unspecified atom stereocenters. The molecule has 2 aliphatic heterocycles. The minimum Gasteiger partial charge on any atom is -0.459 e. The van der Waals surface area contributed by atoms with E-state index in [0.29, 0.717) is 5.76 Å². The zero-order valence-corrected chi connectivity index (χ0v) is 13.0. The lowest BCUT2D eigenvalue weighted by molar-refractivity contribution is 0.0736. The molecular formula is C17H20N4O2. The zero-order valence-electron chi connectivity index (χ0n) is 13.0. The summed E-state index contributed by atoms with van der Waals surface area (Å²) in [5.74, 6) is 1.23. The first-order chi connectivity index (χ1) is 11.3. The van der Waals surface area contributed by atoms with E-state index in [-0.39, 0.29) is 11.3 Å². The Morgan fingerprint density at radius 3 is 2.78 bits per heavy atom. The van der Waals surface area contributed by atoms with Crippen molar-refractivity contribution in [3.8, 4) is 0 Å². The molecule has 0 aliphatic carbocycles. The average molecular weight is 312 g/mol. The predicted octanol–water partition coefficient (Wildman–Crippen LogP) is 2.20. The van der Waals surface area contributed by atoms with Gasteiger partial charge in [-0.3, -0.25) is 4.79 Å². The maximum absolute atomic E-state index is 12.5. The van der Waals surface area contributed by atoms with Crippen molar-refractivity contribution < 1.29 is 9.21 Å². The second kappa shape index (κ2) is 5.68. The van der Waals surface area contributed by atoms with Gasteiger partial charge < -0.3 is 14.2 Å². The topological polar surface area (TPSA) is 62.5 Å². The Morgan fingerprint density at radius 2 is 2.00 bits per heavy atom. The Morgan fingerprint density at radius 1 is 1.13 bits per heavy atom. The van der Waals surface area contributed by atoms with Gasteiger partial charge in [0.15, 0.2) is 5.76 Å². The van der Waals surface area contributed by atoms with E-state index in [1.54, 1.807) is 30.8 Å². The summed E-state index contributed by atoms with van der Waals surface area (Å²) in [4.78, 5) is 25.4. The van der Waals surface area contributed by atoms with Crippen LogP contribution in [0, 0.1) is 5.41 Å². The van der Waals surface area contributed by atoms with Crippen molar-refractivity contribution in [3.05, 3.63) is 42.6 Å². The van der Waals surface area contributed by atoms with E-state index in [4.69, 9.17) is 4.42 Å². The summed E-state index contributed by atoms with van der Waals surface area (Å²) in [6.07, 6.45) is 8.41. The summed E-state index contributed by atoms with van der Waals surface area (Å²) in [5, 5.41) is 0. The van der Waals surface area contributed by atoms with E-state index >= 15 is 0 Å². The number of carbonyl (C=O) groups excluding carboxylic acids is 1. The van der Waals surface area contributed by atoms with Crippen LogP contribution in [-0.2, 0) is 0 Å².